The Balaban J connectivity index is 1.69. The lowest BCUT2D eigenvalue weighted by Gasteiger charge is -2.39. The Morgan fingerprint density at radius 1 is 1.25 bits per heavy atom. The van der Waals surface area contributed by atoms with Gasteiger partial charge in [-0.2, -0.15) is 5.10 Å². The lowest BCUT2D eigenvalue weighted by molar-refractivity contribution is 0.497. The summed E-state index contributed by atoms with van der Waals surface area (Å²) in [5, 5.41) is 17.7. The van der Waals surface area contributed by atoms with Gasteiger partial charge in [-0.15, -0.1) is 21.5 Å². The summed E-state index contributed by atoms with van der Waals surface area (Å²) in [6, 6.07) is 0.361. The largest absolute Gasteiger partial charge is 0.342 e. The summed E-state index contributed by atoms with van der Waals surface area (Å²) in [4.78, 5) is 16.3. The molecule has 10 heteroatoms. The summed E-state index contributed by atoms with van der Waals surface area (Å²) in [5.74, 6) is 2.42. The number of aromatic nitrogens is 8. The van der Waals surface area contributed by atoms with Crippen LogP contribution in [-0.4, -0.2) is 46.0 Å². The number of fused-ring (bicyclic) bond motifs is 3. The standard InChI is InChI=1S/C18H19N9S/c1-4-13-18-25-22-8-26(18)14-6-19-16(23-17(14)27(13)10(2)3)11-5-21-24-15(11)12-7-28-9-20-12/h5-10,13H,4H2,1-3H3,(H,21,24). The zero-order valence-electron chi connectivity index (χ0n) is 15.7. The van der Waals surface area contributed by atoms with Crippen LogP contribution in [0.4, 0.5) is 5.82 Å². The molecule has 142 valence electrons. The summed E-state index contributed by atoms with van der Waals surface area (Å²) in [6.45, 7) is 6.49. The first-order chi connectivity index (χ1) is 13.7. The van der Waals surface area contributed by atoms with E-state index in [1.807, 2.05) is 16.1 Å². The van der Waals surface area contributed by atoms with Crippen molar-refractivity contribution in [1.82, 2.24) is 39.9 Å². The van der Waals surface area contributed by atoms with E-state index < -0.39 is 0 Å². The smallest absolute Gasteiger partial charge is 0.165 e. The third-order valence-corrected chi connectivity index (χ3v) is 5.56. The van der Waals surface area contributed by atoms with Crippen LogP contribution in [0.5, 0.6) is 0 Å². The Bertz CT molecular complexity index is 1110. The Labute approximate surface area is 165 Å². The van der Waals surface area contributed by atoms with Crippen LogP contribution in [0.1, 0.15) is 39.1 Å². The topological polar surface area (TPSA) is 101 Å². The molecular weight excluding hydrogens is 374 g/mol. The van der Waals surface area contributed by atoms with Crippen molar-refractivity contribution in [3.8, 4) is 28.5 Å². The molecule has 4 aromatic rings. The van der Waals surface area contributed by atoms with Gasteiger partial charge in [-0.25, -0.2) is 15.0 Å². The van der Waals surface area contributed by atoms with Crippen LogP contribution in [-0.2, 0) is 0 Å². The van der Waals surface area contributed by atoms with Gasteiger partial charge in [0.15, 0.2) is 17.5 Å². The molecule has 0 amide bonds. The number of anilines is 1. The SMILES string of the molecule is CCC1c2nncn2-c2cnc(-c3cn[nH]c3-c3cscn3)nc2N1C(C)C. The van der Waals surface area contributed by atoms with Crippen LogP contribution in [0.15, 0.2) is 29.6 Å². The van der Waals surface area contributed by atoms with Crippen molar-refractivity contribution in [3.05, 3.63) is 35.4 Å². The molecule has 0 fully saturated rings. The van der Waals surface area contributed by atoms with Crippen molar-refractivity contribution >= 4 is 17.2 Å². The van der Waals surface area contributed by atoms with E-state index >= 15 is 0 Å². The maximum absolute atomic E-state index is 4.96. The number of nitrogens with zero attached hydrogens (tertiary/aromatic N) is 8. The Hall–Kier alpha value is -3.14. The molecule has 0 spiro atoms. The van der Waals surface area contributed by atoms with Crippen LogP contribution in [0.2, 0.25) is 0 Å². The van der Waals surface area contributed by atoms with Crippen LogP contribution < -0.4 is 4.90 Å². The molecule has 9 nitrogen and oxygen atoms in total. The predicted octanol–water partition coefficient (Wildman–Crippen LogP) is 3.25. The fourth-order valence-electron chi connectivity index (χ4n) is 3.76. The van der Waals surface area contributed by atoms with E-state index in [0.717, 1.165) is 40.7 Å². The van der Waals surface area contributed by atoms with E-state index in [4.69, 9.17) is 4.98 Å². The third-order valence-electron chi connectivity index (χ3n) is 4.97. The Kier molecular flexibility index (Phi) is 3.93. The summed E-state index contributed by atoms with van der Waals surface area (Å²) < 4.78 is 1.99. The minimum Gasteiger partial charge on any atom is -0.342 e. The van der Waals surface area contributed by atoms with E-state index in [1.54, 1.807) is 29.4 Å². The highest BCUT2D eigenvalue weighted by molar-refractivity contribution is 7.07. The van der Waals surface area contributed by atoms with Crippen LogP contribution in [0.3, 0.4) is 0 Å². The summed E-state index contributed by atoms with van der Waals surface area (Å²) in [5.41, 5.74) is 5.19. The van der Waals surface area contributed by atoms with Crippen molar-refractivity contribution in [2.24, 2.45) is 0 Å². The molecule has 5 heterocycles. The number of rotatable bonds is 4. The molecule has 4 aromatic heterocycles. The van der Waals surface area contributed by atoms with Gasteiger partial charge in [0.2, 0.25) is 0 Å². The number of H-pyrrole nitrogens is 1. The third kappa shape index (κ3) is 2.44. The van der Waals surface area contributed by atoms with Gasteiger partial charge in [-0.3, -0.25) is 9.67 Å². The van der Waals surface area contributed by atoms with Gasteiger partial charge >= 0.3 is 0 Å². The zero-order valence-corrected chi connectivity index (χ0v) is 16.6. The van der Waals surface area contributed by atoms with E-state index in [2.05, 4.69) is 56.0 Å². The van der Waals surface area contributed by atoms with Gasteiger partial charge in [0.1, 0.15) is 12.0 Å². The first-order valence-corrected chi connectivity index (χ1v) is 10.1. The van der Waals surface area contributed by atoms with E-state index in [9.17, 15) is 0 Å². The van der Waals surface area contributed by atoms with Gasteiger partial charge in [0.05, 0.1) is 40.9 Å². The lowest BCUT2D eigenvalue weighted by Crippen LogP contribution is -2.40. The molecule has 1 aliphatic rings. The van der Waals surface area contributed by atoms with Gasteiger partial charge in [0, 0.05) is 11.4 Å². The second-order valence-electron chi connectivity index (χ2n) is 6.92. The normalized spacial score (nSPS) is 15.7. The van der Waals surface area contributed by atoms with Gasteiger partial charge in [0.25, 0.3) is 0 Å². The molecule has 5 rings (SSSR count). The molecule has 1 atom stereocenters. The van der Waals surface area contributed by atoms with Gasteiger partial charge < -0.3 is 4.90 Å². The fraction of sp³-hybridized carbons (Fsp3) is 0.333. The highest BCUT2D eigenvalue weighted by Crippen LogP contribution is 2.40. The zero-order chi connectivity index (χ0) is 19.3. The summed E-state index contributed by atoms with van der Waals surface area (Å²) >= 11 is 1.54. The predicted molar refractivity (Wildman–Crippen MR) is 106 cm³/mol. The van der Waals surface area contributed by atoms with Crippen molar-refractivity contribution < 1.29 is 0 Å². The minimum absolute atomic E-state index is 0.111. The Morgan fingerprint density at radius 2 is 2.14 bits per heavy atom. The van der Waals surface area contributed by atoms with Crippen LogP contribution in [0, 0.1) is 0 Å². The second-order valence-corrected chi connectivity index (χ2v) is 7.64. The number of aromatic amines is 1. The van der Waals surface area contributed by atoms with Crippen LogP contribution in [0.25, 0.3) is 28.5 Å². The quantitative estimate of drug-likeness (QED) is 0.568. The highest BCUT2D eigenvalue weighted by Gasteiger charge is 2.35. The molecule has 0 aromatic carbocycles. The Morgan fingerprint density at radius 3 is 2.89 bits per heavy atom. The molecule has 0 aliphatic carbocycles. The second kappa shape index (κ2) is 6.48. The van der Waals surface area contributed by atoms with Gasteiger partial charge in [-0.05, 0) is 20.3 Å². The lowest BCUT2D eigenvalue weighted by atomic mass is 10.1. The molecule has 1 unspecified atom stereocenters. The molecule has 0 saturated carbocycles. The molecule has 28 heavy (non-hydrogen) atoms. The van der Waals surface area contributed by atoms with E-state index in [1.165, 1.54) is 0 Å². The number of hydrogen-bond donors (Lipinski definition) is 1. The van der Waals surface area contributed by atoms with Crippen molar-refractivity contribution in [2.45, 2.75) is 39.3 Å². The van der Waals surface area contributed by atoms with Crippen LogP contribution >= 0.6 is 11.3 Å². The maximum atomic E-state index is 4.96. The first-order valence-electron chi connectivity index (χ1n) is 9.17. The maximum Gasteiger partial charge on any atom is 0.165 e. The van der Waals surface area contributed by atoms with E-state index in [-0.39, 0.29) is 12.1 Å². The van der Waals surface area contributed by atoms with Crippen molar-refractivity contribution in [3.63, 3.8) is 0 Å². The summed E-state index contributed by atoms with van der Waals surface area (Å²) in [6.07, 6.45) is 6.23. The van der Waals surface area contributed by atoms with Crippen molar-refractivity contribution in [2.75, 3.05) is 4.90 Å². The van der Waals surface area contributed by atoms with Gasteiger partial charge in [-0.1, -0.05) is 6.92 Å². The number of hydrogen-bond acceptors (Lipinski definition) is 8. The molecule has 1 aliphatic heterocycles. The molecule has 0 bridgehead atoms. The first kappa shape index (κ1) is 17.0. The van der Waals surface area contributed by atoms with E-state index in [0.29, 0.717) is 5.82 Å². The molecular formula is C18H19N9S. The number of thiazole rings is 1. The highest BCUT2D eigenvalue weighted by atomic mass is 32.1. The molecule has 1 N–H and O–H groups in total. The van der Waals surface area contributed by atoms with Crippen molar-refractivity contribution in [1.29, 1.82) is 0 Å². The summed E-state index contributed by atoms with van der Waals surface area (Å²) in [7, 11) is 0. The molecule has 0 saturated heterocycles. The molecule has 0 radical (unpaired) electrons. The fourth-order valence-corrected chi connectivity index (χ4v) is 4.30. The average Bonchev–Trinajstić information content (AvgIpc) is 3.46. The average molecular weight is 393 g/mol. The number of nitrogens with one attached hydrogen (secondary N) is 1. The minimum atomic E-state index is 0.111. The monoisotopic (exact) mass is 393 g/mol.